The van der Waals surface area contributed by atoms with Crippen LogP contribution in [0.5, 0.6) is 0 Å². The Balaban J connectivity index is 2.27. The van der Waals surface area contributed by atoms with Crippen LogP contribution in [0.25, 0.3) is 0 Å². The standard InChI is InChI=1S/C9H17NO3/c1-2-3-7-13-10-6-4-5-8(10)9(11)12/h8H,2-7H2,1H3,(H,11,12). The number of carboxylic acid groups (broad SMARTS) is 1. The Bertz CT molecular complexity index is 172. The van der Waals surface area contributed by atoms with E-state index in [1.54, 1.807) is 5.06 Å². The summed E-state index contributed by atoms with van der Waals surface area (Å²) in [5.41, 5.74) is 0. The second-order valence-electron chi connectivity index (χ2n) is 3.32. The zero-order valence-corrected chi connectivity index (χ0v) is 8.03. The molecule has 1 aliphatic heterocycles. The first-order valence-electron chi connectivity index (χ1n) is 4.88. The van der Waals surface area contributed by atoms with Crippen LogP contribution in [0.15, 0.2) is 0 Å². The maximum atomic E-state index is 10.7. The van der Waals surface area contributed by atoms with Crippen LogP contribution in [0.4, 0.5) is 0 Å². The Labute approximate surface area is 78.4 Å². The predicted octanol–water partition coefficient (Wildman–Crippen LogP) is 1.27. The Morgan fingerprint density at radius 1 is 1.69 bits per heavy atom. The predicted molar refractivity (Wildman–Crippen MR) is 48.2 cm³/mol. The molecule has 0 saturated carbocycles. The summed E-state index contributed by atoms with van der Waals surface area (Å²) in [7, 11) is 0. The van der Waals surface area contributed by atoms with E-state index < -0.39 is 12.0 Å². The van der Waals surface area contributed by atoms with Crippen LogP contribution in [0.1, 0.15) is 32.6 Å². The van der Waals surface area contributed by atoms with E-state index >= 15 is 0 Å². The van der Waals surface area contributed by atoms with Gasteiger partial charge in [-0.1, -0.05) is 13.3 Å². The minimum absolute atomic E-state index is 0.420. The summed E-state index contributed by atoms with van der Waals surface area (Å²) in [4.78, 5) is 16.1. The van der Waals surface area contributed by atoms with Crippen molar-refractivity contribution in [2.75, 3.05) is 13.2 Å². The summed E-state index contributed by atoms with van der Waals surface area (Å²) in [5, 5.41) is 10.4. The van der Waals surface area contributed by atoms with Gasteiger partial charge in [0.15, 0.2) is 0 Å². The quantitative estimate of drug-likeness (QED) is 0.658. The average molecular weight is 187 g/mol. The molecular weight excluding hydrogens is 170 g/mol. The number of carbonyl (C=O) groups is 1. The third kappa shape index (κ3) is 2.97. The zero-order valence-electron chi connectivity index (χ0n) is 8.03. The van der Waals surface area contributed by atoms with Gasteiger partial charge in [0.2, 0.25) is 0 Å². The van der Waals surface area contributed by atoms with Crippen molar-refractivity contribution < 1.29 is 14.7 Å². The molecule has 1 rings (SSSR count). The smallest absolute Gasteiger partial charge is 0.323 e. The van der Waals surface area contributed by atoms with Crippen molar-refractivity contribution in [1.29, 1.82) is 0 Å². The number of carboxylic acids is 1. The molecule has 1 unspecified atom stereocenters. The molecule has 0 spiro atoms. The molecule has 76 valence electrons. The Kier molecular flexibility index (Phi) is 4.18. The number of hydroxylamine groups is 2. The first-order valence-corrected chi connectivity index (χ1v) is 4.88. The lowest BCUT2D eigenvalue weighted by molar-refractivity contribution is -0.186. The molecule has 1 N–H and O–H groups in total. The summed E-state index contributed by atoms with van der Waals surface area (Å²) in [6.45, 7) is 3.48. The zero-order chi connectivity index (χ0) is 9.68. The number of hydrogen-bond acceptors (Lipinski definition) is 3. The van der Waals surface area contributed by atoms with Gasteiger partial charge < -0.3 is 5.11 Å². The van der Waals surface area contributed by atoms with Gasteiger partial charge in [-0.15, -0.1) is 0 Å². The van der Waals surface area contributed by atoms with Crippen molar-refractivity contribution in [3.8, 4) is 0 Å². The van der Waals surface area contributed by atoms with Crippen molar-refractivity contribution in [3.63, 3.8) is 0 Å². The molecule has 4 nitrogen and oxygen atoms in total. The molecule has 0 aromatic carbocycles. The highest BCUT2D eigenvalue weighted by atomic mass is 16.7. The van der Waals surface area contributed by atoms with E-state index in [1.165, 1.54) is 0 Å². The highest BCUT2D eigenvalue weighted by molar-refractivity contribution is 5.73. The molecule has 0 bridgehead atoms. The third-order valence-electron chi connectivity index (χ3n) is 2.24. The van der Waals surface area contributed by atoms with Crippen molar-refractivity contribution >= 4 is 5.97 Å². The Morgan fingerprint density at radius 3 is 3.08 bits per heavy atom. The molecule has 1 saturated heterocycles. The van der Waals surface area contributed by atoms with Gasteiger partial charge in [0, 0.05) is 6.54 Å². The lowest BCUT2D eigenvalue weighted by atomic mass is 10.2. The Hall–Kier alpha value is -0.610. The molecule has 1 heterocycles. The molecule has 0 aromatic heterocycles. The fourth-order valence-corrected chi connectivity index (χ4v) is 1.47. The number of hydrogen-bond donors (Lipinski definition) is 1. The van der Waals surface area contributed by atoms with Crippen LogP contribution in [-0.4, -0.2) is 35.3 Å². The van der Waals surface area contributed by atoms with Gasteiger partial charge in [0.25, 0.3) is 0 Å². The second kappa shape index (κ2) is 5.19. The molecule has 0 aromatic rings. The van der Waals surface area contributed by atoms with Crippen LogP contribution in [0.2, 0.25) is 0 Å². The molecule has 1 aliphatic rings. The van der Waals surface area contributed by atoms with Crippen LogP contribution < -0.4 is 0 Å². The fraction of sp³-hybridized carbons (Fsp3) is 0.889. The van der Waals surface area contributed by atoms with E-state index in [0.29, 0.717) is 13.0 Å². The van der Waals surface area contributed by atoms with Crippen molar-refractivity contribution in [2.24, 2.45) is 0 Å². The lowest BCUT2D eigenvalue weighted by Gasteiger charge is -2.20. The van der Waals surface area contributed by atoms with Crippen molar-refractivity contribution in [1.82, 2.24) is 5.06 Å². The first-order chi connectivity index (χ1) is 6.25. The summed E-state index contributed by atoms with van der Waals surface area (Å²) >= 11 is 0. The topological polar surface area (TPSA) is 49.8 Å². The van der Waals surface area contributed by atoms with Gasteiger partial charge in [-0.3, -0.25) is 9.63 Å². The van der Waals surface area contributed by atoms with Gasteiger partial charge >= 0.3 is 5.97 Å². The molecule has 0 amide bonds. The maximum absolute atomic E-state index is 10.7. The van der Waals surface area contributed by atoms with E-state index in [1.807, 2.05) is 0 Å². The molecule has 0 radical (unpaired) electrons. The first kappa shape index (κ1) is 10.5. The van der Waals surface area contributed by atoms with Gasteiger partial charge in [-0.25, -0.2) is 0 Å². The molecular formula is C9H17NO3. The van der Waals surface area contributed by atoms with Gasteiger partial charge in [0.05, 0.1) is 6.61 Å². The van der Waals surface area contributed by atoms with Crippen LogP contribution >= 0.6 is 0 Å². The van der Waals surface area contributed by atoms with Gasteiger partial charge in [0.1, 0.15) is 6.04 Å². The summed E-state index contributed by atoms with van der Waals surface area (Å²) < 4.78 is 0. The Morgan fingerprint density at radius 2 is 2.46 bits per heavy atom. The lowest BCUT2D eigenvalue weighted by Crippen LogP contribution is -2.36. The minimum atomic E-state index is -0.769. The van der Waals surface area contributed by atoms with Crippen LogP contribution in [-0.2, 0) is 9.63 Å². The van der Waals surface area contributed by atoms with Crippen molar-refractivity contribution in [2.45, 2.75) is 38.6 Å². The SMILES string of the molecule is CCCCON1CCCC1C(=O)O. The van der Waals surface area contributed by atoms with Crippen LogP contribution in [0.3, 0.4) is 0 Å². The second-order valence-corrected chi connectivity index (χ2v) is 3.32. The normalized spacial score (nSPS) is 23.6. The third-order valence-corrected chi connectivity index (χ3v) is 2.24. The summed E-state index contributed by atoms with van der Waals surface area (Å²) in [6, 6.07) is -0.420. The summed E-state index contributed by atoms with van der Waals surface area (Å²) in [5.74, 6) is -0.769. The average Bonchev–Trinajstić information content (AvgIpc) is 2.53. The molecule has 1 atom stereocenters. The number of unbranched alkanes of at least 4 members (excludes halogenated alkanes) is 1. The van der Waals surface area contributed by atoms with E-state index in [9.17, 15) is 4.79 Å². The molecule has 0 aliphatic carbocycles. The van der Waals surface area contributed by atoms with E-state index in [0.717, 1.165) is 25.8 Å². The largest absolute Gasteiger partial charge is 0.480 e. The summed E-state index contributed by atoms with van der Waals surface area (Å²) in [6.07, 6.45) is 3.69. The van der Waals surface area contributed by atoms with Gasteiger partial charge in [-0.05, 0) is 19.3 Å². The van der Waals surface area contributed by atoms with Crippen molar-refractivity contribution in [3.05, 3.63) is 0 Å². The monoisotopic (exact) mass is 187 g/mol. The maximum Gasteiger partial charge on any atom is 0.323 e. The molecule has 13 heavy (non-hydrogen) atoms. The molecule has 4 heteroatoms. The van der Waals surface area contributed by atoms with Gasteiger partial charge in [-0.2, -0.15) is 5.06 Å². The number of nitrogens with zero attached hydrogens (tertiary/aromatic N) is 1. The minimum Gasteiger partial charge on any atom is -0.480 e. The van der Waals surface area contributed by atoms with E-state index in [4.69, 9.17) is 9.94 Å². The fourth-order valence-electron chi connectivity index (χ4n) is 1.47. The highest BCUT2D eigenvalue weighted by Gasteiger charge is 2.31. The van der Waals surface area contributed by atoms with E-state index in [2.05, 4.69) is 6.92 Å². The highest BCUT2D eigenvalue weighted by Crippen LogP contribution is 2.17. The number of rotatable bonds is 5. The van der Waals surface area contributed by atoms with Crippen LogP contribution in [0, 0.1) is 0 Å². The van der Waals surface area contributed by atoms with E-state index in [-0.39, 0.29) is 0 Å². The molecule has 1 fully saturated rings. The number of aliphatic carboxylic acids is 1.